The van der Waals surface area contributed by atoms with E-state index in [2.05, 4.69) is 55.4 Å². The molecular formula is C23H31NO. The summed E-state index contributed by atoms with van der Waals surface area (Å²) in [7, 11) is 0. The van der Waals surface area contributed by atoms with Crippen molar-refractivity contribution in [2.75, 3.05) is 6.54 Å². The van der Waals surface area contributed by atoms with Gasteiger partial charge < -0.3 is 5.11 Å². The van der Waals surface area contributed by atoms with E-state index >= 15 is 0 Å². The van der Waals surface area contributed by atoms with Gasteiger partial charge >= 0.3 is 0 Å². The van der Waals surface area contributed by atoms with E-state index in [1.807, 2.05) is 18.2 Å². The average molecular weight is 338 g/mol. The molecule has 0 aliphatic heterocycles. The summed E-state index contributed by atoms with van der Waals surface area (Å²) in [5.41, 5.74) is 2.64. The molecule has 0 saturated carbocycles. The number of benzene rings is 2. The maximum Gasteiger partial charge on any atom is 0.115 e. The van der Waals surface area contributed by atoms with Gasteiger partial charge in [-0.2, -0.15) is 0 Å². The highest BCUT2D eigenvalue weighted by atomic mass is 16.3. The lowest BCUT2D eigenvalue weighted by Crippen LogP contribution is -2.26. The Kier molecular flexibility index (Phi) is 7.72. The molecule has 0 radical (unpaired) electrons. The van der Waals surface area contributed by atoms with Gasteiger partial charge in [0.05, 0.1) is 0 Å². The molecule has 1 N–H and O–H groups in total. The van der Waals surface area contributed by atoms with E-state index in [9.17, 15) is 5.11 Å². The molecule has 1 unspecified atom stereocenters. The molecule has 134 valence electrons. The Morgan fingerprint density at radius 2 is 1.84 bits per heavy atom. The van der Waals surface area contributed by atoms with Crippen LogP contribution in [0.1, 0.15) is 57.1 Å². The van der Waals surface area contributed by atoms with Crippen molar-refractivity contribution in [1.82, 2.24) is 0 Å². The second kappa shape index (κ2) is 10.0. The maximum absolute atomic E-state index is 9.90. The Balaban J connectivity index is 2.03. The number of aliphatic imine (C=N–C) groups is 1. The van der Waals surface area contributed by atoms with Gasteiger partial charge in [0.2, 0.25) is 0 Å². The van der Waals surface area contributed by atoms with Gasteiger partial charge in [-0.3, -0.25) is 4.99 Å². The van der Waals surface area contributed by atoms with Crippen molar-refractivity contribution in [1.29, 1.82) is 0 Å². The molecule has 0 fully saturated rings. The topological polar surface area (TPSA) is 32.6 Å². The molecule has 25 heavy (non-hydrogen) atoms. The average Bonchev–Trinajstić information content (AvgIpc) is 2.65. The molecule has 0 aliphatic rings. The van der Waals surface area contributed by atoms with E-state index in [0.717, 1.165) is 32.2 Å². The Bertz CT molecular complexity index is 650. The largest absolute Gasteiger partial charge is 0.508 e. The SMILES string of the molecule is CCCCC(CC)(CC=NCCc1ccccc1)c1cccc(O)c1. The highest BCUT2D eigenvalue weighted by molar-refractivity contribution is 5.60. The quantitative estimate of drug-likeness (QED) is 0.535. The lowest BCUT2D eigenvalue weighted by molar-refractivity contribution is 0.378. The van der Waals surface area contributed by atoms with Crippen LogP contribution in [-0.4, -0.2) is 17.9 Å². The van der Waals surface area contributed by atoms with Gasteiger partial charge in [-0.15, -0.1) is 0 Å². The summed E-state index contributed by atoms with van der Waals surface area (Å²) >= 11 is 0. The van der Waals surface area contributed by atoms with E-state index < -0.39 is 0 Å². The predicted octanol–water partition coefficient (Wildman–Crippen LogP) is 5.93. The Morgan fingerprint density at radius 3 is 2.52 bits per heavy atom. The van der Waals surface area contributed by atoms with Crippen LogP contribution in [0.5, 0.6) is 5.75 Å². The first kappa shape index (κ1) is 19.2. The summed E-state index contributed by atoms with van der Waals surface area (Å²) in [6.45, 7) is 5.31. The molecule has 0 saturated heterocycles. The van der Waals surface area contributed by atoms with Crippen LogP contribution in [0.2, 0.25) is 0 Å². The minimum Gasteiger partial charge on any atom is -0.508 e. The smallest absolute Gasteiger partial charge is 0.115 e. The lowest BCUT2D eigenvalue weighted by atomic mass is 9.72. The molecule has 2 aromatic rings. The molecule has 0 spiro atoms. The van der Waals surface area contributed by atoms with Gasteiger partial charge in [0.1, 0.15) is 5.75 Å². The van der Waals surface area contributed by atoms with E-state index in [1.54, 1.807) is 6.07 Å². The van der Waals surface area contributed by atoms with Crippen molar-refractivity contribution in [2.24, 2.45) is 4.99 Å². The molecule has 0 bridgehead atoms. The van der Waals surface area contributed by atoms with Gasteiger partial charge in [-0.1, -0.05) is 69.2 Å². The second-order valence-corrected chi connectivity index (χ2v) is 6.82. The summed E-state index contributed by atoms with van der Waals surface area (Å²) < 4.78 is 0. The Labute approximate surface area is 152 Å². The number of hydrogen-bond acceptors (Lipinski definition) is 2. The number of nitrogens with zero attached hydrogens (tertiary/aromatic N) is 1. The zero-order valence-electron chi connectivity index (χ0n) is 15.6. The third-order valence-electron chi connectivity index (χ3n) is 5.13. The number of aromatic hydroxyl groups is 1. The molecular weight excluding hydrogens is 306 g/mol. The van der Waals surface area contributed by atoms with Crippen LogP contribution < -0.4 is 0 Å². The van der Waals surface area contributed by atoms with Crippen LogP contribution in [0.4, 0.5) is 0 Å². The van der Waals surface area contributed by atoms with Crippen LogP contribution in [-0.2, 0) is 11.8 Å². The van der Waals surface area contributed by atoms with Crippen molar-refractivity contribution in [3.63, 3.8) is 0 Å². The number of hydrogen-bond donors (Lipinski definition) is 1. The molecule has 0 amide bonds. The van der Waals surface area contributed by atoms with Crippen LogP contribution >= 0.6 is 0 Å². The Morgan fingerprint density at radius 1 is 1.04 bits per heavy atom. The second-order valence-electron chi connectivity index (χ2n) is 6.82. The third-order valence-corrected chi connectivity index (χ3v) is 5.13. The van der Waals surface area contributed by atoms with Crippen molar-refractivity contribution in [2.45, 2.75) is 57.8 Å². The monoisotopic (exact) mass is 337 g/mol. The molecule has 2 heteroatoms. The van der Waals surface area contributed by atoms with E-state index in [0.29, 0.717) is 5.75 Å². The van der Waals surface area contributed by atoms with Crippen LogP contribution in [0.3, 0.4) is 0 Å². The summed E-state index contributed by atoms with van der Waals surface area (Å²) in [4.78, 5) is 4.67. The maximum atomic E-state index is 9.90. The highest BCUT2D eigenvalue weighted by Gasteiger charge is 2.29. The molecule has 1 atom stereocenters. The lowest BCUT2D eigenvalue weighted by Gasteiger charge is -2.32. The summed E-state index contributed by atoms with van der Waals surface area (Å²) in [6, 6.07) is 18.3. The van der Waals surface area contributed by atoms with Crippen LogP contribution in [0.15, 0.2) is 59.6 Å². The third kappa shape index (κ3) is 5.74. The predicted molar refractivity (Wildman–Crippen MR) is 108 cm³/mol. The highest BCUT2D eigenvalue weighted by Crippen LogP contribution is 2.37. The minimum absolute atomic E-state index is 0.0744. The van der Waals surface area contributed by atoms with Gasteiger partial charge in [0.25, 0.3) is 0 Å². The standard InChI is InChI=1S/C23H31NO/c1-3-5-15-23(4-2,21-12-9-13-22(25)19-21)16-18-24-17-14-20-10-7-6-8-11-20/h6-13,18-19,25H,3-5,14-17H2,1-2H3. The zero-order valence-corrected chi connectivity index (χ0v) is 15.6. The molecule has 0 heterocycles. The summed E-state index contributed by atoms with van der Waals surface area (Å²) in [6.07, 6.45) is 8.59. The van der Waals surface area contributed by atoms with Crippen molar-refractivity contribution in [3.8, 4) is 5.75 Å². The first-order valence-electron chi connectivity index (χ1n) is 9.52. The number of unbranched alkanes of at least 4 members (excludes halogenated alkanes) is 1. The summed E-state index contributed by atoms with van der Waals surface area (Å²) in [5, 5.41) is 9.90. The number of phenolic OH excluding ortho intramolecular Hbond substituents is 1. The van der Waals surface area contributed by atoms with Gasteiger partial charge in [0.15, 0.2) is 0 Å². The molecule has 0 aliphatic carbocycles. The van der Waals surface area contributed by atoms with Crippen molar-refractivity contribution in [3.05, 3.63) is 65.7 Å². The summed E-state index contributed by atoms with van der Waals surface area (Å²) in [5.74, 6) is 0.354. The Hall–Kier alpha value is -2.09. The normalized spacial score (nSPS) is 13.8. The molecule has 2 aromatic carbocycles. The zero-order chi connectivity index (χ0) is 18.0. The van der Waals surface area contributed by atoms with E-state index in [4.69, 9.17) is 0 Å². The van der Waals surface area contributed by atoms with Gasteiger partial charge in [-0.25, -0.2) is 0 Å². The minimum atomic E-state index is 0.0744. The van der Waals surface area contributed by atoms with Crippen molar-refractivity contribution >= 4 is 6.21 Å². The van der Waals surface area contributed by atoms with E-state index in [-0.39, 0.29) is 5.41 Å². The van der Waals surface area contributed by atoms with Crippen molar-refractivity contribution < 1.29 is 5.11 Å². The fraction of sp³-hybridized carbons (Fsp3) is 0.435. The molecule has 2 rings (SSSR count). The van der Waals surface area contributed by atoms with Gasteiger partial charge in [0, 0.05) is 12.0 Å². The fourth-order valence-corrected chi connectivity index (χ4v) is 3.41. The number of rotatable bonds is 10. The van der Waals surface area contributed by atoms with E-state index in [1.165, 1.54) is 24.0 Å². The molecule has 2 nitrogen and oxygen atoms in total. The van der Waals surface area contributed by atoms with Crippen LogP contribution in [0, 0.1) is 0 Å². The molecule has 0 aromatic heterocycles. The fourth-order valence-electron chi connectivity index (χ4n) is 3.41. The van der Waals surface area contributed by atoms with Gasteiger partial charge in [-0.05, 0) is 55.2 Å². The number of phenols is 1. The first-order valence-corrected chi connectivity index (χ1v) is 9.52. The first-order chi connectivity index (χ1) is 12.2. The van der Waals surface area contributed by atoms with Crippen LogP contribution in [0.25, 0.3) is 0 Å².